The van der Waals surface area contributed by atoms with Gasteiger partial charge in [0.2, 0.25) is 0 Å². The first-order valence-corrected chi connectivity index (χ1v) is 6.41. The van der Waals surface area contributed by atoms with Crippen molar-refractivity contribution in [3.63, 3.8) is 0 Å². The van der Waals surface area contributed by atoms with Crippen molar-refractivity contribution in [1.82, 2.24) is 9.69 Å². The number of piperidine rings is 1. The van der Waals surface area contributed by atoms with Gasteiger partial charge in [0.1, 0.15) is 11.9 Å². The first kappa shape index (κ1) is 10.1. The Balaban J connectivity index is 1.85. The van der Waals surface area contributed by atoms with E-state index in [2.05, 4.69) is 15.8 Å². The third-order valence-electron chi connectivity index (χ3n) is 2.89. The quantitative estimate of drug-likeness (QED) is 0.866. The van der Waals surface area contributed by atoms with Gasteiger partial charge in [0.05, 0.1) is 4.70 Å². The highest BCUT2D eigenvalue weighted by Gasteiger charge is 2.15. The summed E-state index contributed by atoms with van der Waals surface area (Å²) >= 11 is 1.51. The second kappa shape index (κ2) is 4.39. The molecule has 3 rings (SSSR count). The van der Waals surface area contributed by atoms with E-state index in [0.717, 1.165) is 30.0 Å². The van der Waals surface area contributed by atoms with Crippen LogP contribution in [0, 0.1) is 0 Å². The number of hydrogen-bond acceptors (Lipinski definition) is 4. The first-order valence-electron chi connectivity index (χ1n) is 5.64. The maximum atomic E-state index is 6.03. The molecule has 1 saturated heterocycles. The summed E-state index contributed by atoms with van der Waals surface area (Å²) in [5.41, 5.74) is 0. The van der Waals surface area contributed by atoms with Gasteiger partial charge in [-0.2, -0.15) is 4.37 Å². The van der Waals surface area contributed by atoms with E-state index >= 15 is 0 Å². The minimum absolute atomic E-state index is 0.307. The van der Waals surface area contributed by atoms with Gasteiger partial charge in [-0.1, -0.05) is 12.1 Å². The fraction of sp³-hybridized carbons (Fsp3) is 0.417. The lowest BCUT2D eigenvalue weighted by Crippen LogP contribution is -2.37. The molecule has 0 saturated carbocycles. The Hall–Kier alpha value is -1.13. The molecule has 1 fully saturated rings. The van der Waals surface area contributed by atoms with E-state index < -0.39 is 0 Å². The monoisotopic (exact) mass is 234 g/mol. The molecule has 3 nitrogen and oxygen atoms in total. The number of benzene rings is 1. The van der Waals surface area contributed by atoms with Crippen LogP contribution in [0.5, 0.6) is 5.75 Å². The van der Waals surface area contributed by atoms with Crippen LogP contribution in [-0.4, -0.2) is 23.6 Å². The number of hydrogen-bond donors (Lipinski definition) is 1. The Labute approximate surface area is 98.6 Å². The van der Waals surface area contributed by atoms with Crippen LogP contribution in [0.2, 0.25) is 0 Å². The second-order valence-electron chi connectivity index (χ2n) is 4.09. The lowest BCUT2D eigenvalue weighted by molar-refractivity contribution is 0.169. The van der Waals surface area contributed by atoms with E-state index in [-0.39, 0.29) is 0 Å². The summed E-state index contributed by atoms with van der Waals surface area (Å²) in [5, 5.41) is 4.53. The Bertz CT molecular complexity index is 477. The Morgan fingerprint density at radius 3 is 3.31 bits per heavy atom. The summed E-state index contributed by atoms with van der Waals surface area (Å²) in [6, 6.07) is 6.14. The van der Waals surface area contributed by atoms with Gasteiger partial charge in [-0.3, -0.25) is 0 Å². The van der Waals surface area contributed by atoms with Crippen molar-refractivity contribution in [2.24, 2.45) is 0 Å². The highest BCUT2D eigenvalue weighted by atomic mass is 32.1. The maximum Gasteiger partial charge on any atom is 0.139 e. The number of nitrogens with zero attached hydrogens (tertiary/aromatic N) is 1. The van der Waals surface area contributed by atoms with Crippen LogP contribution in [0.3, 0.4) is 0 Å². The van der Waals surface area contributed by atoms with Gasteiger partial charge in [-0.05, 0) is 37.0 Å². The summed E-state index contributed by atoms with van der Waals surface area (Å²) in [6.45, 7) is 2.07. The number of nitrogens with one attached hydrogen (secondary N) is 1. The normalized spacial score (nSPS) is 21.1. The molecule has 1 aliphatic heterocycles. The average Bonchev–Trinajstić information content (AvgIpc) is 2.80. The topological polar surface area (TPSA) is 34.1 Å². The summed E-state index contributed by atoms with van der Waals surface area (Å²) in [5.74, 6) is 0.980. The van der Waals surface area contributed by atoms with E-state index in [1.807, 2.05) is 18.3 Å². The van der Waals surface area contributed by atoms with E-state index in [4.69, 9.17) is 4.74 Å². The molecule has 0 spiro atoms. The molecular weight excluding hydrogens is 220 g/mol. The second-order valence-corrected chi connectivity index (χ2v) is 4.89. The molecule has 4 heteroatoms. The van der Waals surface area contributed by atoms with E-state index in [9.17, 15) is 0 Å². The Morgan fingerprint density at radius 1 is 1.44 bits per heavy atom. The van der Waals surface area contributed by atoms with Gasteiger partial charge in [0.25, 0.3) is 0 Å². The molecule has 1 aromatic heterocycles. The average molecular weight is 234 g/mol. The van der Waals surface area contributed by atoms with Crippen molar-refractivity contribution in [1.29, 1.82) is 0 Å². The summed E-state index contributed by atoms with van der Waals surface area (Å²) < 4.78 is 11.4. The standard InChI is InChI=1S/C12H14N2OS/c1-3-9-7-14-16-12(9)11(5-1)15-10-4-2-6-13-8-10/h1,3,5,7,10,13H,2,4,6,8H2. The number of fused-ring (bicyclic) bond motifs is 1. The van der Waals surface area contributed by atoms with Crippen LogP contribution in [-0.2, 0) is 0 Å². The number of aromatic nitrogens is 1. The van der Waals surface area contributed by atoms with Crippen LogP contribution in [0.15, 0.2) is 24.4 Å². The SMILES string of the molecule is c1cc(OC2CCCNC2)c2sncc2c1. The molecule has 0 radical (unpaired) electrons. The predicted molar refractivity (Wildman–Crippen MR) is 66.1 cm³/mol. The molecule has 16 heavy (non-hydrogen) atoms. The van der Waals surface area contributed by atoms with Crippen molar-refractivity contribution in [2.75, 3.05) is 13.1 Å². The van der Waals surface area contributed by atoms with Gasteiger partial charge in [0, 0.05) is 18.1 Å². The molecule has 2 heterocycles. The van der Waals surface area contributed by atoms with Crippen molar-refractivity contribution in [3.8, 4) is 5.75 Å². The van der Waals surface area contributed by atoms with Crippen LogP contribution >= 0.6 is 11.5 Å². The molecule has 1 aromatic carbocycles. The summed E-state index contributed by atoms with van der Waals surface area (Å²) in [7, 11) is 0. The minimum Gasteiger partial charge on any atom is -0.488 e. The zero-order valence-corrected chi connectivity index (χ0v) is 9.80. The highest BCUT2D eigenvalue weighted by Crippen LogP contribution is 2.29. The zero-order valence-electron chi connectivity index (χ0n) is 8.98. The van der Waals surface area contributed by atoms with Crippen molar-refractivity contribution < 1.29 is 4.74 Å². The fourth-order valence-electron chi connectivity index (χ4n) is 2.06. The van der Waals surface area contributed by atoms with Gasteiger partial charge >= 0.3 is 0 Å². The molecule has 0 amide bonds. The lowest BCUT2D eigenvalue weighted by Gasteiger charge is -2.24. The largest absolute Gasteiger partial charge is 0.488 e. The van der Waals surface area contributed by atoms with Gasteiger partial charge in [0.15, 0.2) is 0 Å². The zero-order chi connectivity index (χ0) is 10.8. The van der Waals surface area contributed by atoms with Gasteiger partial charge in [-0.25, -0.2) is 0 Å². The fourth-order valence-corrected chi connectivity index (χ4v) is 2.76. The Morgan fingerprint density at radius 2 is 2.44 bits per heavy atom. The van der Waals surface area contributed by atoms with Crippen LogP contribution in [0.1, 0.15) is 12.8 Å². The van der Waals surface area contributed by atoms with Crippen LogP contribution < -0.4 is 10.1 Å². The molecule has 1 unspecified atom stereocenters. The predicted octanol–water partition coefficient (Wildman–Crippen LogP) is 2.43. The molecule has 0 bridgehead atoms. The summed E-state index contributed by atoms with van der Waals surface area (Å²) in [6.07, 6.45) is 4.54. The van der Waals surface area contributed by atoms with Crippen LogP contribution in [0.25, 0.3) is 10.1 Å². The molecular formula is C12H14N2OS. The maximum absolute atomic E-state index is 6.03. The van der Waals surface area contributed by atoms with E-state index in [0.29, 0.717) is 6.10 Å². The van der Waals surface area contributed by atoms with E-state index in [1.165, 1.54) is 23.3 Å². The molecule has 2 aromatic rings. The number of rotatable bonds is 2. The van der Waals surface area contributed by atoms with Crippen LogP contribution in [0.4, 0.5) is 0 Å². The third-order valence-corrected chi connectivity index (χ3v) is 3.72. The van der Waals surface area contributed by atoms with E-state index in [1.54, 1.807) is 0 Å². The lowest BCUT2D eigenvalue weighted by atomic mass is 10.1. The molecule has 0 aliphatic carbocycles. The van der Waals surface area contributed by atoms with Crippen molar-refractivity contribution in [2.45, 2.75) is 18.9 Å². The minimum atomic E-state index is 0.307. The van der Waals surface area contributed by atoms with Gasteiger partial charge < -0.3 is 10.1 Å². The van der Waals surface area contributed by atoms with Gasteiger partial charge in [-0.15, -0.1) is 0 Å². The third kappa shape index (κ3) is 1.90. The summed E-state index contributed by atoms with van der Waals surface area (Å²) in [4.78, 5) is 0. The smallest absolute Gasteiger partial charge is 0.139 e. The first-order chi connectivity index (χ1) is 7.93. The number of ether oxygens (including phenoxy) is 1. The van der Waals surface area contributed by atoms with Crippen molar-refractivity contribution in [3.05, 3.63) is 24.4 Å². The molecule has 1 atom stereocenters. The highest BCUT2D eigenvalue weighted by molar-refractivity contribution is 7.13. The molecule has 1 N–H and O–H groups in total. The molecule has 84 valence electrons. The Kier molecular flexibility index (Phi) is 2.76. The molecule has 1 aliphatic rings. The van der Waals surface area contributed by atoms with Crippen molar-refractivity contribution >= 4 is 21.6 Å².